The van der Waals surface area contributed by atoms with Gasteiger partial charge in [-0.05, 0) is 49.4 Å². The summed E-state index contributed by atoms with van der Waals surface area (Å²) in [6, 6.07) is 12.4. The highest BCUT2D eigenvalue weighted by Gasteiger charge is 2.41. The van der Waals surface area contributed by atoms with Gasteiger partial charge in [0.05, 0.1) is 11.0 Å². The van der Waals surface area contributed by atoms with Gasteiger partial charge in [0.25, 0.3) is 0 Å². The van der Waals surface area contributed by atoms with Crippen LogP contribution < -0.4 is 4.74 Å². The first-order valence-electron chi connectivity index (χ1n) is 9.91. The van der Waals surface area contributed by atoms with E-state index in [1.54, 1.807) is 18.2 Å². The highest BCUT2D eigenvalue weighted by atomic mass is 35.5. The maximum absolute atomic E-state index is 12.7. The third-order valence-corrected chi connectivity index (χ3v) is 5.77. The molecule has 2 aliphatic rings. The molecular weight excluding hydrogens is 412 g/mol. The molecule has 8 heteroatoms. The van der Waals surface area contributed by atoms with Gasteiger partial charge in [-0.2, -0.15) is 8.78 Å². The molecule has 0 amide bonds. The lowest BCUT2D eigenvalue weighted by Crippen LogP contribution is -2.31. The highest BCUT2D eigenvalue weighted by molar-refractivity contribution is 6.01. The normalized spacial score (nSPS) is 17.6. The Hall–Kier alpha value is -2.67. The average molecular weight is 434 g/mol. The third-order valence-electron chi connectivity index (χ3n) is 5.77. The van der Waals surface area contributed by atoms with Gasteiger partial charge >= 0.3 is 6.61 Å². The van der Waals surface area contributed by atoms with Crippen LogP contribution in [0.25, 0.3) is 22.2 Å². The summed E-state index contributed by atoms with van der Waals surface area (Å²) in [5.41, 5.74) is 3.65. The van der Waals surface area contributed by atoms with Crippen LogP contribution in [0.2, 0.25) is 0 Å². The molecule has 1 saturated carbocycles. The van der Waals surface area contributed by atoms with Crippen molar-refractivity contribution in [2.75, 3.05) is 0 Å². The van der Waals surface area contributed by atoms with Gasteiger partial charge in [-0.15, -0.1) is 12.4 Å². The molecule has 0 atom stereocenters. The van der Waals surface area contributed by atoms with Crippen LogP contribution in [-0.4, -0.2) is 27.9 Å². The Morgan fingerprint density at radius 2 is 1.87 bits per heavy atom. The fourth-order valence-electron chi connectivity index (χ4n) is 4.33. The van der Waals surface area contributed by atoms with Gasteiger partial charge in [0.15, 0.2) is 5.82 Å². The lowest BCUT2D eigenvalue weighted by Gasteiger charge is -2.30. The Morgan fingerprint density at radius 1 is 1.07 bits per heavy atom. The fourth-order valence-corrected chi connectivity index (χ4v) is 4.33. The van der Waals surface area contributed by atoms with E-state index in [0.29, 0.717) is 11.4 Å². The van der Waals surface area contributed by atoms with Crippen molar-refractivity contribution in [3.8, 4) is 16.9 Å². The monoisotopic (exact) mass is 433 g/mol. The predicted molar refractivity (Wildman–Crippen MR) is 113 cm³/mol. The third kappa shape index (κ3) is 3.86. The number of aromatic amines is 1. The summed E-state index contributed by atoms with van der Waals surface area (Å²) < 4.78 is 30.1. The molecule has 1 spiro atoms. The Kier molecular flexibility index (Phi) is 5.64. The van der Waals surface area contributed by atoms with E-state index in [4.69, 9.17) is 9.82 Å². The van der Waals surface area contributed by atoms with Crippen molar-refractivity contribution in [2.45, 2.75) is 50.7 Å². The van der Waals surface area contributed by atoms with E-state index in [0.717, 1.165) is 41.6 Å². The minimum Gasteiger partial charge on any atom is -0.434 e. The zero-order valence-electron chi connectivity index (χ0n) is 16.2. The van der Waals surface area contributed by atoms with Gasteiger partial charge in [0, 0.05) is 12.0 Å². The Morgan fingerprint density at radius 3 is 2.67 bits per heavy atom. The molecule has 0 bridgehead atoms. The van der Waals surface area contributed by atoms with E-state index in [-0.39, 0.29) is 23.8 Å². The molecule has 0 unspecified atom stereocenters. The van der Waals surface area contributed by atoms with Crippen molar-refractivity contribution in [2.24, 2.45) is 5.16 Å². The Labute approximate surface area is 178 Å². The van der Waals surface area contributed by atoms with Crippen molar-refractivity contribution in [3.05, 3.63) is 48.3 Å². The van der Waals surface area contributed by atoms with E-state index < -0.39 is 6.61 Å². The van der Waals surface area contributed by atoms with E-state index in [2.05, 4.69) is 14.9 Å². The fraction of sp³-hybridized carbons (Fsp3) is 0.364. The standard InChI is InChI=1S/C22H21F2N3O2.ClH/c23-21(24)28-19-7-3-2-6-15(19)14-8-9-16-17(12-14)26-20(25-16)18-13-22(29-27-18)10-4-1-5-11-22;/h2-3,6-9,12,21H,1,4-5,10-11,13H2,(H,25,26);1H. The molecule has 5 nitrogen and oxygen atoms in total. The first kappa shape index (κ1) is 20.6. The molecule has 0 saturated heterocycles. The number of ether oxygens (including phenoxy) is 1. The van der Waals surface area contributed by atoms with Crippen LogP contribution in [0.5, 0.6) is 5.75 Å². The maximum atomic E-state index is 12.7. The van der Waals surface area contributed by atoms with Crippen molar-refractivity contribution in [1.29, 1.82) is 0 Å². The number of halogens is 3. The minimum atomic E-state index is -2.87. The number of benzene rings is 2. The molecule has 2 heterocycles. The summed E-state index contributed by atoms with van der Waals surface area (Å²) in [5.74, 6) is 0.849. The van der Waals surface area contributed by atoms with Crippen LogP contribution >= 0.6 is 12.4 Å². The van der Waals surface area contributed by atoms with Crippen molar-refractivity contribution in [3.63, 3.8) is 0 Å². The first-order chi connectivity index (χ1) is 14.1. The Balaban J connectivity index is 0.00000218. The van der Waals surface area contributed by atoms with Crippen LogP contribution in [0.15, 0.2) is 47.6 Å². The summed E-state index contributed by atoms with van der Waals surface area (Å²) >= 11 is 0. The number of fused-ring (bicyclic) bond motifs is 1. The number of alkyl halides is 2. The van der Waals surface area contributed by atoms with Crippen LogP contribution in [0.3, 0.4) is 0 Å². The van der Waals surface area contributed by atoms with Gasteiger partial charge in [0.2, 0.25) is 0 Å². The molecule has 1 aliphatic heterocycles. The van der Waals surface area contributed by atoms with Crippen LogP contribution in [-0.2, 0) is 4.84 Å². The molecule has 1 aliphatic carbocycles. The topological polar surface area (TPSA) is 59.5 Å². The number of nitrogens with zero attached hydrogens (tertiary/aromatic N) is 2. The molecule has 30 heavy (non-hydrogen) atoms. The van der Waals surface area contributed by atoms with Gasteiger partial charge in [-0.3, -0.25) is 0 Å². The second kappa shape index (κ2) is 8.22. The number of nitrogens with one attached hydrogen (secondary N) is 1. The predicted octanol–water partition coefficient (Wildman–Crippen LogP) is 6.08. The van der Waals surface area contributed by atoms with Crippen molar-refractivity contribution >= 4 is 29.2 Å². The summed E-state index contributed by atoms with van der Waals surface area (Å²) in [5, 5.41) is 4.33. The number of aromatic nitrogens is 2. The van der Waals surface area contributed by atoms with Crippen LogP contribution in [0, 0.1) is 0 Å². The summed E-state index contributed by atoms with van der Waals surface area (Å²) in [7, 11) is 0. The highest BCUT2D eigenvalue weighted by Crippen LogP contribution is 2.39. The molecule has 2 aromatic carbocycles. The number of rotatable bonds is 4. The van der Waals surface area contributed by atoms with Crippen LogP contribution in [0.4, 0.5) is 8.78 Å². The minimum absolute atomic E-state index is 0. The van der Waals surface area contributed by atoms with E-state index in [1.807, 2.05) is 18.2 Å². The molecule has 3 aromatic rings. The number of hydrogen-bond donors (Lipinski definition) is 1. The summed E-state index contributed by atoms with van der Waals surface area (Å²) in [6.45, 7) is -2.87. The largest absolute Gasteiger partial charge is 0.434 e. The number of hydrogen-bond acceptors (Lipinski definition) is 4. The van der Waals surface area contributed by atoms with E-state index >= 15 is 0 Å². The molecular formula is C22H22ClF2N3O2. The molecule has 0 radical (unpaired) electrons. The van der Waals surface area contributed by atoms with Gasteiger partial charge in [0.1, 0.15) is 17.1 Å². The molecule has 158 valence electrons. The Bertz CT molecular complexity index is 1080. The lowest BCUT2D eigenvalue weighted by atomic mass is 9.81. The second-order valence-corrected chi connectivity index (χ2v) is 7.74. The number of para-hydroxylation sites is 1. The summed E-state index contributed by atoms with van der Waals surface area (Å²) in [4.78, 5) is 13.8. The average Bonchev–Trinajstić information content (AvgIpc) is 3.32. The van der Waals surface area contributed by atoms with Crippen molar-refractivity contribution < 1.29 is 18.4 Å². The number of oxime groups is 1. The number of H-pyrrole nitrogens is 1. The van der Waals surface area contributed by atoms with E-state index in [1.165, 1.54) is 25.3 Å². The van der Waals surface area contributed by atoms with E-state index in [9.17, 15) is 8.78 Å². The van der Waals surface area contributed by atoms with Gasteiger partial charge in [-0.1, -0.05) is 35.8 Å². The number of imidazole rings is 1. The van der Waals surface area contributed by atoms with Crippen molar-refractivity contribution in [1.82, 2.24) is 9.97 Å². The quantitative estimate of drug-likeness (QED) is 0.542. The maximum Gasteiger partial charge on any atom is 0.387 e. The molecule has 1 N–H and O–H groups in total. The van der Waals surface area contributed by atoms with Gasteiger partial charge < -0.3 is 14.6 Å². The molecule has 1 aromatic heterocycles. The van der Waals surface area contributed by atoms with Crippen LogP contribution in [0.1, 0.15) is 44.3 Å². The molecule has 1 fully saturated rings. The smallest absolute Gasteiger partial charge is 0.387 e. The zero-order chi connectivity index (χ0) is 19.8. The SMILES string of the molecule is Cl.FC(F)Oc1ccccc1-c1ccc2[nH]c(C3=NOC4(CCCCC4)C3)nc2c1. The summed E-state index contributed by atoms with van der Waals surface area (Å²) in [6.07, 6.45) is 6.44. The zero-order valence-corrected chi connectivity index (χ0v) is 17.1. The van der Waals surface area contributed by atoms with Gasteiger partial charge in [-0.25, -0.2) is 4.98 Å². The first-order valence-corrected chi connectivity index (χ1v) is 9.91. The second-order valence-electron chi connectivity index (χ2n) is 7.74. The lowest BCUT2D eigenvalue weighted by molar-refractivity contribution is -0.0494. The molecule has 5 rings (SSSR count).